The predicted octanol–water partition coefficient (Wildman–Crippen LogP) is -6.70. The summed E-state index contributed by atoms with van der Waals surface area (Å²) in [6.45, 7) is 2.89. The third kappa shape index (κ3) is 25.9. The summed E-state index contributed by atoms with van der Waals surface area (Å²) in [5.41, 5.74) is 0. The fourth-order valence-electron chi connectivity index (χ4n) is 1.38. The van der Waals surface area contributed by atoms with Crippen LogP contribution in [0.2, 0.25) is 0 Å². The van der Waals surface area contributed by atoms with Crippen molar-refractivity contribution in [3.63, 3.8) is 0 Å². The first-order chi connectivity index (χ1) is 10.1. The Morgan fingerprint density at radius 1 is 0.792 bits per heavy atom. The van der Waals surface area contributed by atoms with Crippen LogP contribution in [-0.4, -0.2) is 76.6 Å². The summed E-state index contributed by atoms with van der Waals surface area (Å²) in [4.78, 5) is 0. The van der Waals surface area contributed by atoms with E-state index in [1.165, 1.54) is 0 Å². The van der Waals surface area contributed by atoms with Crippen LogP contribution < -0.4 is 59.1 Å². The van der Waals surface area contributed by atoms with E-state index in [9.17, 15) is 25.9 Å². The van der Waals surface area contributed by atoms with Crippen LogP contribution in [0.4, 0.5) is 0 Å². The Balaban J connectivity index is -0.00000220. The molecule has 0 amide bonds. The second-order valence-corrected chi connectivity index (χ2v) is 7.65. The molecule has 0 heterocycles. The van der Waals surface area contributed by atoms with E-state index in [-0.39, 0.29) is 111 Å². The third-order valence-corrected chi connectivity index (χ3v) is 3.93. The van der Waals surface area contributed by atoms with E-state index in [2.05, 4.69) is 0 Å². The first-order valence-corrected chi connectivity index (χ1v) is 9.90. The molecule has 24 heavy (non-hydrogen) atoms. The standard InChI is InChI=1S/C11H24O9S2.2Na/c1-11(10-19-5-3-9-22(15,16)17)20-7-6-18-4-2-8-21(12,13)14;;/h11H,2-10H2,1H3,(H,12,13,14)(H,15,16,17);;/q;2*+1/p-2. The zero-order chi connectivity index (χ0) is 17.1. The van der Waals surface area contributed by atoms with E-state index in [0.717, 1.165) is 0 Å². The Morgan fingerprint density at radius 2 is 1.25 bits per heavy atom. The molecule has 1 unspecified atom stereocenters. The van der Waals surface area contributed by atoms with Gasteiger partial charge in [-0.05, 0) is 19.8 Å². The Morgan fingerprint density at radius 3 is 1.71 bits per heavy atom. The smallest absolute Gasteiger partial charge is 0.748 e. The van der Waals surface area contributed by atoms with Crippen molar-refractivity contribution in [2.24, 2.45) is 0 Å². The number of hydrogen-bond acceptors (Lipinski definition) is 9. The van der Waals surface area contributed by atoms with E-state index in [1.807, 2.05) is 0 Å². The Hall–Kier alpha value is 1.70. The van der Waals surface area contributed by atoms with Gasteiger partial charge in [-0.25, -0.2) is 16.8 Å². The molecule has 0 aromatic rings. The van der Waals surface area contributed by atoms with Crippen LogP contribution in [0.3, 0.4) is 0 Å². The average molecular weight is 408 g/mol. The van der Waals surface area contributed by atoms with Gasteiger partial charge in [0.2, 0.25) is 0 Å². The predicted molar refractivity (Wildman–Crippen MR) is 75.4 cm³/mol. The molecule has 1 atom stereocenters. The van der Waals surface area contributed by atoms with E-state index >= 15 is 0 Å². The van der Waals surface area contributed by atoms with Crippen LogP contribution in [-0.2, 0) is 34.4 Å². The van der Waals surface area contributed by atoms with E-state index in [4.69, 9.17) is 14.2 Å². The minimum atomic E-state index is -4.19. The molecular formula is C11H22Na2O9S2. The number of hydrogen-bond donors (Lipinski definition) is 0. The molecule has 0 saturated carbocycles. The maximum Gasteiger partial charge on any atom is 1.00 e. The SMILES string of the molecule is CC(COCCCS(=O)(=O)[O-])OCCOCCCS(=O)(=O)[O-].[Na+].[Na+]. The quantitative estimate of drug-likeness (QED) is 0.156. The van der Waals surface area contributed by atoms with Crippen molar-refractivity contribution in [3.05, 3.63) is 0 Å². The molecule has 0 aliphatic heterocycles. The van der Waals surface area contributed by atoms with Gasteiger partial charge in [0.1, 0.15) is 0 Å². The minimum absolute atomic E-state index is 0. The van der Waals surface area contributed by atoms with Crippen LogP contribution in [0, 0.1) is 0 Å². The van der Waals surface area contributed by atoms with Gasteiger partial charge in [0.05, 0.1) is 46.2 Å². The molecular weight excluding hydrogens is 386 g/mol. The maximum absolute atomic E-state index is 10.3. The Bertz CT molecular complexity index is 482. The van der Waals surface area contributed by atoms with Gasteiger partial charge in [0.25, 0.3) is 0 Å². The molecule has 134 valence electrons. The van der Waals surface area contributed by atoms with Crippen LogP contribution in [0.25, 0.3) is 0 Å². The third-order valence-electron chi connectivity index (χ3n) is 2.35. The first-order valence-electron chi connectivity index (χ1n) is 6.74. The van der Waals surface area contributed by atoms with Crippen molar-refractivity contribution in [2.75, 3.05) is 44.5 Å². The zero-order valence-electron chi connectivity index (χ0n) is 14.4. The van der Waals surface area contributed by atoms with Gasteiger partial charge in [-0.3, -0.25) is 0 Å². The fourth-order valence-corrected chi connectivity index (χ4v) is 2.33. The van der Waals surface area contributed by atoms with Crippen molar-refractivity contribution < 1.29 is 99.3 Å². The Labute approximate surface area is 188 Å². The van der Waals surface area contributed by atoms with E-state index in [1.54, 1.807) is 6.92 Å². The minimum Gasteiger partial charge on any atom is -0.748 e. The van der Waals surface area contributed by atoms with Crippen molar-refractivity contribution in [3.8, 4) is 0 Å². The van der Waals surface area contributed by atoms with Gasteiger partial charge in [0.15, 0.2) is 0 Å². The van der Waals surface area contributed by atoms with Crippen molar-refractivity contribution >= 4 is 20.2 Å². The molecule has 0 aromatic heterocycles. The molecule has 0 bridgehead atoms. The Kier molecular flexibility index (Phi) is 21.4. The molecule has 0 saturated heterocycles. The number of rotatable bonds is 14. The second kappa shape index (κ2) is 16.8. The summed E-state index contributed by atoms with van der Waals surface area (Å²) in [7, 11) is -8.38. The monoisotopic (exact) mass is 408 g/mol. The molecule has 0 aromatic carbocycles. The average Bonchev–Trinajstić information content (AvgIpc) is 2.34. The van der Waals surface area contributed by atoms with Crippen LogP contribution in [0.1, 0.15) is 19.8 Å². The van der Waals surface area contributed by atoms with Crippen molar-refractivity contribution in [1.29, 1.82) is 0 Å². The van der Waals surface area contributed by atoms with Gasteiger partial charge in [-0.15, -0.1) is 0 Å². The summed E-state index contributed by atoms with van der Waals surface area (Å²) < 4.78 is 77.5. The summed E-state index contributed by atoms with van der Waals surface area (Å²) in [6.07, 6.45) is 0.0618. The summed E-state index contributed by atoms with van der Waals surface area (Å²) >= 11 is 0. The van der Waals surface area contributed by atoms with Gasteiger partial charge in [-0.1, -0.05) is 0 Å². The molecule has 0 aliphatic rings. The molecule has 13 heteroatoms. The van der Waals surface area contributed by atoms with Gasteiger partial charge < -0.3 is 23.3 Å². The molecule has 0 spiro atoms. The van der Waals surface area contributed by atoms with Crippen molar-refractivity contribution in [1.82, 2.24) is 0 Å². The molecule has 0 fully saturated rings. The van der Waals surface area contributed by atoms with Crippen LogP contribution in [0.5, 0.6) is 0 Å². The van der Waals surface area contributed by atoms with Crippen molar-refractivity contribution in [2.45, 2.75) is 25.9 Å². The second-order valence-electron chi connectivity index (χ2n) is 4.60. The summed E-state index contributed by atoms with van der Waals surface area (Å²) in [6, 6.07) is 0. The molecule has 0 radical (unpaired) electrons. The van der Waals surface area contributed by atoms with Crippen LogP contribution >= 0.6 is 0 Å². The van der Waals surface area contributed by atoms with E-state index in [0.29, 0.717) is 0 Å². The fraction of sp³-hybridized carbons (Fsp3) is 1.00. The van der Waals surface area contributed by atoms with Gasteiger partial charge in [-0.2, -0.15) is 0 Å². The zero-order valence-corrected chi connectivity index (χ0v) is 20.1. The summed E-state index contributed by atoms with van der Waals surface area (Å²) in [5, 5.41) is 0. The van der Waals surface area contributed by atoms with Gasteiger partial charge in [0, 0.05) is 24.7 Å². The van der Waals surface area contributed by atoms with Crippen LogP contribution in [0.15, 0.2) is 0 Å². The topological polar surface area (TPSA) is 142 Å². The maximum atomic E-state index is 10.3. The molecule has 0 rings (SSSR count). The van der Waals surface area contributed by atoms with E-state index < -0.39 is 31.7 Å². The summed E-state index contributed by atoms with van der Waals surface area (Å²) in [5.74, 6) is -0.896. The number of ether oxygens (including phenoxy) is 3. The molecule has 9 nitrogen and oxygen atoms in total. The normalized spacial score (nSPS) is 13.0. The first kappa shape index (κ1) is 30.4. The molecule has 0 N–H and O–H groups in total. The van der Waals surface area contributed by atoms with Gasteiger partial charge >= 0.3 is 59.1 Å². The molecule has 0 aliphatic carbocycles. The largest absolute Gasteiger partial charge is 1.00 e.